The van der Waals surface area contributed by atoms with E-state index in [1.54, 1.807) is 0 Å². The van der Waals surface area contributed by atoms with Gasteiger partial charge in [-0.3, -0.25) is 9.89 Å². The standard InChI is InChI=1S/C18H17N3OS/c1-12-8-10-14(11-9-12)16(22)13(2)23-18-19-17(20-21-18)15-6-4-3-5-7-15/h3-11,13H,1-2H3,(H,19,20,21)/t13-/m1/s1. The maximum atomic E-state index is 12.5. The quantitative estimate of drug-likeness (QED) is 0.566. The van der Waals surface area contributed by atoms with Crippen molar-refractivity contribution in [1.82, 2.24) is 15.2 Å². The highest BCUT2D eigenvalue weighted by atomic mass is 32.2. The van der Waals surface area contributed by atoms with Crippen LogP contribution in [0.15, 0.2) is 59.8 Å². The van der Waals surface area contributed by atoms with Crippen LogP contribution in [0.2, 0.25) is 0 Å². The predicted molar refractivity (Wildman–Crippen MR) is 92.6 cm³/mol. The molecule has 1 atom stereocenters. The molecule has 0 spiro atoms. The molecule has 116 valence electrons. The molecule has 0 radical (unpaired) electrons. The normalized spacial score (nSPS) is 12.1. The van der Waals surface area contributed by atoms with Crippen LogP contribution < -0.4 is 0 Å². The number of rotatable bonds is 5. The first-order valence-corrected chi connectivity index (χ1v) is 8.27. The molecule has 1 N–H and O–H groups in total. The molecule has 4 nitrogen and oxygen atoms in total. The fourth-order valence-electron chi connectivity index (χ4n) is 2.19. The number of hydrogen-bond donors (Lipinski definition) is 1. The second-order valence-corrected chi connectivity index (χ2v) is 6.63. The van der Waals surface area contributed by atoms with Gasteiger partial charge in [0, 0.05) is 11.1 Å². The van der Waals surface area contributed by atoms with Crippen LogP contribution in [0.3, 0.4) is 0 Å². The van der Waals surface area contributed by atoms with Crippen molar-refractivity contribution in [1.29, 1.82) is 0 Å². The summed E-state index contributed by atoms with van der Waals surface area (Å²) < 4.78 is 0. The fourth-order valence-corrected chi connectivity index (χ4v) is 2.99. The summed E-state index contributed by atoms with van der Waals surface area (Å²) >= 11 is 1.36. The molecule has 0 aliphatic heterocycles. The van der Waals surface area contributed by atoms with Gasteiger partial charge in [0.25, 0.3) is 0 Å². The summed E-state index contributed by atoms with van der Waals surface area (Å²) in [5.74, 6) is 0.796. The molecule has 0 saturated heterocycles. The van der Waals surface area contributed by atoms with Gasteiger partial charge in [0.05, 0.1) is 5.25 Å². The first-order chi connectivity index (χ1) is 11.1. The Kier molecular flexibility index (Phi) is 4.57. The third-order valence-electron chi connectivity index (χ3n) is 3.50. The average Bonchev–Trinajstić information content (AvgIpc) is 3.04. The van der Waals surface area contributed by atoms with Gasteiger partial charge in [0.2, 0.25) is 5.16 Å². The Morgan fingerprint density at radius 3 is 2.48 bits per heavy atom. The van der Waals surface area contributed by atoms with Crippen molar-refractivity contribution in [2.75, 3.05) is 0 Å². The molecule has 0 saturated carbocycles. The van der Waals surface area contributed by atoms with Crippen molar-refractivity contribution in [3.05, 3.63) is 65.7 Å². The topological polar surface area (TPSA) is 58.6 Å². The Balaban J connectivity index is 1.71. The zero-order chi connectivity index (χ0) is 16.2. The minimum absolute atomic E-state index is 0.0843. The summed E-state index contributed by atoms with van der Waals surface area (Å²) in [6.07, 6.45) is 0. The lowest BCUT2D eigenvalue weighted by Gasteiger charge is -2.07. The van der Waals surface area contributed by atoms with E-state index in [4.69, 9.17) is 0 Å². The Morgan fingerprint density at radius 2 is 1.78 bits per heavy atom. The van der Waals surface area contributed by atoms with Crippen LogP contribution in [0.5, 0.6) is 0 Å². The second-order valence-electron chi connectivity index (χ2n) is 5.32. The van der Waals surface area contributed by atoms with Gasteiger partial charge in [-0.15, -0.1) is 5.10 Å². The van der Waals surface area contributed by atoms with E-state index < -0.39 is 0 Å². The van der Waals surface area contributed by atoms with E-state index in [9.17, 15) is 4.79 Å². The Hall–Kier alpha value is -2.40. The predicted octanol–water partition coefficient (Wildman–Crippen LogP) is 4.14. The van der Waals surface area contributed by atoms with Gasteiger partial charge in [-0.2, -0.15) is 0 Å². The molecule has 3 aromatic rings. The average molecular weight is 323 g/mol. The van der Waals surface area contributed by atoms with Gasteiger partial charge in [-0.1, -0.05) is 71.9 Å². The first-order valence-electron chi connectivity index (χ1n) is 7.39. The van der Waals surface area contributed by atoms with Crippen LogP contribution in [0.1, 0.15) is 22.8 Å². The summed E-state index contributed by atoms with van der Waals surface area (Å²) in [7, 11) is 0. The monoisotopic (exact) mass is 323 g/mol. The van der Waals surface area contributed by atoms with Crippen molar-refractivity contribution >= 4 is 17.5 Å². The molecule has 0 aliphatic carbocycles. The third-order valence-corrected chi connectivity index (χ3v) is 4.46. The van der Waals surface area contributed by atoms with Crippen LogP contribution in [-0.4, -0.2) is 26.2 Å². The first kappa shape index (κ1) is 15.5. The number of nitrogens with zero attached hydrogens (tertiary/aromatic N) is 2. The summed E-state index contributed by atoms with van der Waals surface area (Å²) in [5.41, 5.74) is 2.84. The summed E-state index contributed by atoms with van der Waals surface area (Å²) in [6, 6.07) is 17.4. The molecule has 1 heterocycles. The zero-order valence-electron chi connectivity index (χ0n) is 13.0. The number of aryl methyl sites for hydroxylation is 1. The second kappa shape index (κ2) is 6.79. The number of carbonyl (C=O) groups excluding carboxylic acids is 1. The van der Waals surface area contributed by atoms with Crippen molar-refractivity contribution in [2.45, 2.75) is 24.3 Å². The Labute approximate surface area is 139 Å². The number of Topliss-reactive ketones (excluding diaryl/α,β-unsaturated/α-hetero) is 1. The van der Waals surface area contributed by atoms with E-state index in [1.807, 2.05) is 68.4 Å². The van der Waals surface area contributed by atoms with Crippen molar-refractivity contribution in [3.63, 3.8) is 0 Å². The number of hydrogen-bond acceptors (Lipinski definition) is 4. The number of aromatic nitrogens is 3. The van der Waals surface area contributed by atoms with Gasteiger partial charge in [0.15, 0.2) is 11.6 Å². The van der Waals surface area contributed by atoms with Gasteiger partial charge in [-0.25, -0.2) is 4.98 Å². The minimum Gasteiger partial charge on any atom is -0.293 e. The molecule has 23 heavy (non-hydrogen) atoms. The lowest BCUT2D eigenvalue weighted by molar-refractivity contribution is 0.0994. The number of benzene rings is 2. The van der Waals surface area contributed by atoms with Crippen LogP contribution in [0, 0.1) is 6.92 Å². The van der Waals surface area contributed by atoms with Crippen LogP contribution >= 0.6 is 11.8 Å². The van der Waals surface area contributed by atoms with Crippen LogP contribution in [0.25, 0.3) is 11.4 Å². The lowest BCUT2D eigenvalue weighted by atomic mass is 10.1. The molecule has 0 fully saturated rings. The minimum atomic E-state index is -0.239. The molecule has 3 rings (SSSR count). The number of ketones is 1. The Bertz CT molecular complexity index is 797. The number of H-pyrrole nitrogens is 1. The Morgan fingerprint density at radius 1 is 1.09 bits per heavy atom. The summed E-state index contributed by atoms with van der Waals surface area (Å²) in [6.45, 7) is 3.89. The highest BCUT2D eigenvalue weighted by Gasteiger charge is 2.18. The molecule has 0 amide bonds. The van der Waals surface area contributed by atoms with Crippen molar-refractivity contribution in [2.24, 2.45) is 0 Å². The molecular formula is C18H17N3OS. The summed E-state index contributed by atoms with van der Waals surface area (Å²) in [5, 5.41) is 7.46. The highest BCUT2D eigenvalue weighted by molar-refractivity contribution is 8.00. The molecule has 0 aliphatic rings. The van der Waals surface area contributed by atoms with Gasteiger partial charge in [0.1, 0.15) is 0 Å². The molecule has 0 bridgehead atoms. The van der Waals surface area contributed by atoms with E-state index in [1.165, 1.54) is 11.8 Å². The molecule has 2 aromatic carbocycles. The van der Waals surface area contributed by atoms with Crippen molar-refractivity contribution in [3.8, 4) is 11.4 Å². The van der Waals surface area contributed by atoms with Gasteiger partial charge in [-0.05, 0) is 13.8 Å². The fraction of sp³-hybridized carbons (Fsp3) is 0.167. The number of aromatic amines is 1. The maximum absolute atomic E-state index is 12.5. The van der Waals surface area contributed by atoms with Crippen molar-refractivity contribution < 1.29 is 4.79 Å². The van der Waals surface area contributed by atoms with E-state index in [-0.39, 0.29) is 11.0 Å². The van der Waals surface area contributed by atoms with Crippen LogP contribution in [0.4, 0.5) is 0 Å². The molecule has 0 unspecified atom stereocenters. The SMILES string of the molecule is Cc1ccc(C(=O)[C@@H](C)Sc2n[nH]c(-c3ccccc3)n2)cc1. The lowest BCUT2D eigenvalue weighted by Crippen LogP contribution is -2.13. The van der Waals surface area contributed by atoms with E-state index in [2.05, 4.69) is 15.2 Å². The molecular weight excluding hydrogens is 306 g/mol. The molecule has 1 aromatic heterocycles. The zero-order valence-corrected chi connectivity index (χ0v) is 13.8. The highest BCUT2D eigenvalue weighted by Crippen LogP contribution is 2.24. The maximum Gasteiger partial charge on any atom is 0.209 e. The smallest absolute Gasteiger partial charge is 0.209 e. The number of thioether (sulfide) groups is 1. The third kappa shape index (κ3) is 3.68. The number of nitrogens with one attached hydrogen (secondary N) is 1. The summed E-state index contributed by atoms with van der Waals surface area (Å²) in [4.78, 5) is 16.9. The van der Waals surface area contributed by atoms with E-state index in [0.717, 1.165) is 16.7 Å². The van der Waals surface area contributed by atoms with Gasteiger partial charge < -0.3 is 0 Å². The van der Waals surface area contributed by atoms with E-state index in [0.29, 0.717) is 11.0 Å². The number of carbonyl (C=O) groups is 1. The largest absolute Gasteiger partial charge is 0.293 e. The van der Waals surface area contributed by atoms with E-state index >= 15 is 0 Å². The van der Waals surface area contributed by atoms with Crippen LogP contribution in [-0.2, 0) is 0 Å². The molecule has 5 heteroatoms. The van der Waals surface area contributed by atoms with Gasteiger partial charge >= 0.3 is 0 Å².